The van der Waals surface area contributed by atoms with Crippen molar-refractivity contribution >= 4 is 27.7 Å². The van der Waals surface area contributed by atoms with E-state index < -0.39 is 35.8 Å². The van der Waals surface area contributed by atoms with E-state index in [2.05, 4.69) is 25.5 Å². The van der Waals surface area contributed by atoms with Crippen LogP contribution in [0.2, 0.25) is 0 Å². The first-order valence-corrected chi connectivity index (χ1v) is 8.84. The highest BCUT2D eigenvalue weighted by Gasteiger charge is 2.66. The van der Waals surface area contributed by atoms with Crippen LogP contribution in [0.3, 0.4) is 0 Å². The first-order chi connectivity index (χ1) is 13.2. The number of alkyl halides is 3. The number of rotatable bonds is 6. The van der Waals surface area contributed by atoms with Crippen molar-refractivity contribution in [1.29, 1.82) is 0 Å². The third kappa shape index (κ3) is 4.25. The Balaban J connectivity index is 2.61. The number of carbonyl (C=O) groups excluding carboxylic acids is 2. The fourth-order valence-corrected chi connectivity index (χ4v) is 3.36. The van der Waals surface area contributed by atoms with E-state index in [-0.39, 0.29) is 11.1 Å². The van der Waals surface area contributed by atoms with Crippen molar-refractivity contribution in [2.75, 3.05) is 7.11 Å². The number of ketones is 1. The summed E-state index contributed by atoms with van der Waals surface area (Å²) in [5.41, 5.74) is -2.86. The molecule has 0 radical (unpaired) electrons. The average Bonchev–Trinajstić information content (AvgIpc) is 2.67. The Hall–Kier alpha value is -2.66. The lowest BCUT2D eigenvalue weighted by Crippen LogP contribution is -2.48. The number of ether oxygens (including phenoxy) is 1. The van der Waals surface area contributed by atoms with Gasteiger partial charge < -0.3 is 4.74 Å². The van der Waals surface area contributed by atoms with Gasteiger partial charge in [-0.1, -0.05) is 58.4 Å². The van der Waals surface area contributed by atoms with Crippen LogP contribution in [0, 0.1) is 12.5 Å². The number of halogens is 4. The molecule has 2 atom stereocenters. The van der Waals surface area contributed by atoms with Gasteiger partial charge in [0.05, 0.1) is 7.11 Å². The summed E-state index contributed by atoms with van der Waals surface area (Å²) in [7, 11) is 0.911. The predicted octanol–water partition coefficient (Wildman–Crippen LogP) is 5.19. The van der Waals surface area contributed by atoms with Crippen LogP contribution in [0.5, 0.6) is 0 Å². The molecule has 8 heteroatoms. The second-order valence-corrected chi connectivity index (χ2v) is 6.88. The number of esters is 1. The minimum atomic E-state index is -5.00. The maximum atomic E-state index is 14.0. The van der Waals surface area contributed by atoms with E-state index in [0.717, 1.165) is 7.11 Å². The highest BCUT2D eigenvalue weighted by molar-refractivity contribution is 9.10. The molecule has 0 saturated heterocycles. The maximum Gasteiger partial charge on any atom is 0.401 e. The lowest BCUT2D eigenvalue weighted by molar-refractivity contribution is -0.197. The molecular weight excluding hydrogens is 439 g/mol. The van der Waals surface area contributed by atoms with E-state index in [9.17, 15) is 22.8 Å². The molecule has 0 aliphatic heterocycles. The van der Waals surface area contributed by atoms with Crippen molar-refractivity contribution in [2.24, 2.45) is 5.92 Å². The molecule has 0 aliphatic carbocycles. The molecule has 0 aliphatic rings. The van der Waals surface area contributed by atoms with Gasteiger partial charge >= 0.3 is 17.7 Å². The van der Waals surface area contributed by atoms with Crippen LogP contribution in [0.15, 0.2) is 59.1 Å². The van der Waals surface area contributed by atoms with Crippen LogP contribution in [0.4, 0.5) is 13.2 Å². The zero-order chi connectivity index (χ0) is 20.9. The molecule has 0 bridgehead atoms. The molecule has 0 aromatic heterocycles. The summed E-state index contributed by atoms with van der Waals surface area (Å²) in [6, 6.07) is 12.8. The van der Waals surface area contributed by atoms with Crippen molar-refractivity contribution < 1.29 is 27.5 Å². The Morgan fingerprint density at radius 1 is 1.14 bits per heavy atom. The summed E-state index contributed by atoms with van der Waals surface area (Å²) in [6.45, 7) is 7.48. The Bertz CT molecular complexity index is 909. The first kappa shape index (κ1) is 21.6. The van der Waals surface area contributed by atoms with Gasteiger partial charge in [-0.15, -0.1) is 0 Å². The molecule has 146 valence electrons. The van der Waals surface area contributed by atoms with Crippen LogP contribution in [0.25, 0.3) is 4.85 Å². The monoisotopic (exact) mass is 453 g/mol. The normalized spacial score (nSPS) is 14.4. The van der Waals surface area contributed by atoms with Gasteiger partial charge in [-0.05, 0) is 12.1 Å². The second-order valence-electron chi connectivity index (χ2n) is 5.97. The third-order valence-corrected chi connectivity index (χ3v) is 4.82. The number of hydrogen-bond acceptors (Lipinski definition) is 3. The largest absolute Gasteiger partial charge is 0.463 e. The number of nitrogens with zero attached hydrogens (tertiary/aromatic N) is 1. The fraction of sp³-hybridized carbons (Fsp3) is 0.250. The first-order valence-electron chi connectivity index (χ1n) is 8.04. The molecule has 0 saturated carbocycles. The highest BCUT2D eigenvalue weighted by atomic mass is 79.9. The van der Waals surface area contributed by atoms with E-state index in [4.69, 9.17) is 6.57 Å². The van der Waals surface area contributed by atoms with Crippen molar-refractivity contribution in [1.82, 2.24) is 0 Å². The molecule has 0 fully saturated rings. The number of methoxy groups -OCH3 is 1. The van der Waals surface area contributed by atoms with Crippen LogP contribution in [-0.2, 0) is 15.1 Å². The molecule has 2 aromatic carbocycles. The van der Waals surface area contributed by atoms with E-state index in [1.165, 1.54) is 42.5 Å². The second kappa shape index (κ2) is 8.57. The van der Waals surface area contributed by atoms with Crippen LogP contribution >= 0.6 is 15.9 Å². The SMILES string of the molecule is [C-]#[N+][C@@](C(=O)OC)(c1ccccc1)[C@H](CC(=O)c1cccc(Br)c1)C(F)(F)F. The topological polar surface area (TPSA) is 47.7 Å². The molecule has 4 nitrogen and oxygen atoms in total. The highest BCUT2D eigenvalue weighted by Crippen LogP contribution is 2.47. The van der Waals surface area contributed by atoms with Crippen molar-refractivity contribution in [3.05, 3.63) is 81.6 Å². The van der Waals surface area contributed by atoms with Crippen molar-refractivity contribution in [2.45, 2.75) is 18.1 Å². The molecular formula is C20H15BrF3NO3. The number of Topliss-reactive ketones (excluding diaryl/α,β-unsaturated/α-hetero) is 1. The summed E-state index contributed by atoms with van der Waals surface area (Å²) < 4.78 is 47.2. The smallest absolute Gasteiger partial charge is 0.401 e. The number of benzene rings is 2. The van der Waals surface area contributed by atoms with E-state index >= 15 is 0 Å². The molecule has 0 unspecified atom stereocenters. The Morgan fingerprint density at radius 3 is 2.29 bits per heavy atom. The Kier molecular flexibility index (Phi) is 6.62. The van der Waals surface area contributed by atoms with Gasteiger partial charge in [-0.3, -0.25) is 9.64 Å². The zero-order valence-electron chi connectivity index (χ0n) is 14.7. The van der Waals surface area contributed by atoms with Crippen LogP contribution < -0.4 is 0 Å². The molecule has 28 heavy (non-hydrogen) atoms. The minimum absolute atomic E-state index is 0.0421. The molecule has 0 spiro atoms. The van der Waals surface area contributed by atoms with Gasteiger partial charge in [0.25, 0.3) is 0 Å². The van der Waals surface area contributed by atoms with Gasteiger partial charge in [-0.25, -0.2) is 11.4 Å². The zero-order valence-corrected chi connectivity index (χ0v) is 16.3. The average molecular weight is 454 g/mol. The maximum absolute atomic E-state index is 14.0. The van der Waals surface area contributed by atoms with E-state index in [0.29, 0.717) is 4.47 Å². The minimum Gasteiger partial charge on any atom is -0.463 e. The molecule has 0 amide bonds. The number of hydrogen-bond donors (Lipinski definition) is 0. The van der Waals surface area contributed by atoms with E-state index in [1.54, 1.807) is 12.1 Å². The van der Waals surface area contributed by atoms with Crippen LogP contribution in [-0.4, -0.2) is 25.0 Å². The van der Waals surface area contributed by atoms with Gasteiger partial charge in [0.15, 0.2) is 11.7 Å². The molecule has 0 heterocycles. The van der Waals surface area contributed by atoms with Gasteiger partial charge in [0.2, 0.25) is 0 Å². The van der Waals surface area contributed by atoms with Gasteiger partial charge in [0, 0.05) is 22.0 Å². The summed E-state index contributed by atoms with van der Waals surface area (Å²) in [4.78, 5) is 28.1. The fourth-order valence-electron chi connectivity index (χ4n) is 2.96. The predicted molar refractivity (Wildman–Crippen MR) is 99.4 cm³/mol. The lowest BCUT2D eigenvalue weighted by atomic mass is 9.75. The molecule has 0 N–H and O–H groups in total. The third-order valence-electron chi connectivity index (χ3n) is 4.32. The van der Waals surface area contributed by atoms with Crippen molar-refractivity contribution in [3.8, 4) is 0 Å². The van der Waals surface area contributed by atoms with Crippen molar-refractivity contribution in [3.63, 3.8) is 0 Å². The molecule has 2 aromatic rings. The van der Waals surface area contributed by atoms with Gasteiger partial charge in [0.1, 0.15) is 0 Å². The van der Waals surface area contributed by atoms with Gasteiger partial charge in [-0.2, -0.15) is 13.2 Å². The standard InChI is InChI=1S/C20H15BrF3NO3/c1-25-19(18(27)28-2,14-8-4-3-5-9-14)17(20(22,23)24)12-16(26)13-7-6-10-15(21)11-13/h3-11,17H,12H2,2H3/t17-,19-/m0/s1. The quantitative estimate of drug-likeness (QED) is 0.343. The summed E-state index contributed by atoms with van der Waals surface area (Å²) in [5, 5.41) is 0. The lowest BCUT2D eigenvalue weighted by Gasteiger charge is -2.29. The Labute approximate surface area is 168 Å². The summed E-state index contributed by atoms with van der Waals surface area (Å²) in [6.07, 6.45) is -6.08. The summed E-state index contributed by atoms with van der Waals surface area (Å²) >= 11 is 3.16. The Morgan fingerprint density at radius 2 is 1.79 bits per heavy atom. The summed E-state index contributed by atoms with van der Waals surface area (Å²) in [5.74, 6) is -4.78. The molecule has 2 rings (SSSR count). The van der Waals surface area contributed by atoms with Crippen LogP contribution in [0.1, 0.15) is 22.3 Å². The number of carbonyl (C=O) groups is 2. The van der Waals surface area contributed by atoms with E-state index in [1.807, 2.05) is 0 Å².